The number of rotatable bonds is 4. The number of nitrogens with zero attached hydrogens (tertiary/aromatic N) is 1. The second-order valence-electron chi connectivity index (χ2n) is 7.29. The largest absolute Gasteiger partial charge is 0.371 e. The molecule has 0 atom stereocenters. The van der Waals surface area contributed by atoms with Crippen LogP contribution < -0.4 is 4.90 Å². The molecule has 22 heavy (non-hydrogen) atoms. The zero-order chi connectivity index (χ0) is 15.7. The Hall–Kier alpha value is -1.12. The number of benzene rings is 1. The molecule has 1 saturated carbocycles. The van der Waals surface area contributed by atoms with Gasteiger partial charge in [0.2, 0.25) is 0 Å². The van der Waals surface area contributed by atoms with E-state index in [-0.39, 0.29) is 11.5 Å². The average Bonchev–Trinajstić information content (AvgIpc) is 2.45. The van der Waals surface area contributed by atoms with Crippen LogP contribution in [0.15, 0.2) is 18.2 Å². The summed E-state index contributed by atoms with van der Waals surface area (Å²) in [6.45, 7) is 5.96. The monoisotopic (exact) mass is 307 g/mol. The summed E-state index contributed by atoms with van der Waals surface area (Å²) in [4.78, 5) is 2.18. The maximum atomic E-state index is 13.5. The van der Waals surface area contributed by atoms with E-state index in [1.807, 2.05) is 26.0 Å². The quantitative estimate of drug-likeness (QED) is 0.683. The minimum absolute atomic E-state index is 0.216. The van der Waals surface area contributed by atoms with Gasteiger partial charge in [0.1, 0.15) is 0 Å². The highest BCUT2D eigenvalue weighted by atomic mass is 19.3. The van der Waals surface area contributed by atoms with Gasteiger partial charge < -0.3 is 4.90 Å². The molecule has 1 heterocycles. The van der Waals surface area contributed by atoms with Crippen molar-refractivity contribution in [3.05, 3.63) is 29.3 Å². The summed E-state index contributed by atoms with van der Waals surface area (Å²) >= 11 is 0. The Morgan fingerprint density at radius 1 is 1.00 bits per heavy atom. The molecule has 2 aliphatic rings. The van der Waals surface area contributed by atoms with Crippen molar-refractivity contribution in [3.63, 3.8) is 0 Å². The van der Waals surface area contributed by atoms with E-state index in [0.717, 1.165) is 36.2 Å². The van der Waals surface area contributed by atoms with E-state index in [0.29, 0.717) is 0 Å². The van der Waals surface area contributed by atoms with Crippen molar-refractivity contribution in [1.29, 1.82) is 0 Å². The van der Waals surface area contributed by atoms with Gasteiger partial charge in [-0.15, -0.1) is 0 Å². The molecule has 1 aromatic rings. The third kappa shape index (κ3) is 3.13. The van der Waals surface area contributed by atoms with Crippen LogP contribution in [0, 0.1) is 11.8 Å². The molecule has 0 spiro atoms. The number of hydrogen-bond acceptors (Lipinski definition) is 1. The molecule has 0 N–H and O–H groups in total. The van der Waals surface area contributed by atoms with Gasteiger partial charge in [-0.3, -0.25) is 0 Å². The Bertz CT molecular complexity index is 500. The molecule has 0 radical (unpaired) electrons. The number of hydrogen-bond donors (Lipinski definition) is 0. The van der Waals surface area contributed by atoms with Crippen LogP contribution in [-0.4, -0.2) is 13.1 Å². The molecule has 1 saturated heterocycles. The molecule has 1 aliphatic heterocycles. The van der Waals surface area contributed by atoms with Gasteiger partial charge in [-0.2, -0.15) is 0 Å². The van der Waals surface area contributed by atoms with Crippen LogP contribution in [0.1, 0.15) is 69.4 Å². The van der Waals surface area contributed by atoms with E-state index < -0.39 is 6.43 Å². The number of anilines is 1. The van der Waals surface area contributed by atoms with Gasteiger partial charge in [0.15, 0.2) is 0 Å². The second kappa shape index (κ2) is 6.55. The zero-order valence-corrected chi connectivity index (χ0v) is 13.7. The zero-order valence-electron chi connectivity index (χ0n) is 13.7. The minimum atomic E-state index is -2.39. The first kappa shape index (κ1) is 15.8. The fourth-order valence-corrected chi connectivity index (χ4v) is 3.92. The van der Waals surface area contributed by atoms with E-state index in [1.54, 1.807) is 6.07 Å². The number of halogens is 2. The third-order valence-electron chi connectivity index (χ3n) is 5.65. The molecule has 1 aromatic carbocycles. The van der Waals surface area contributed by atoms with E-state index in [9.17, 15) is 8.78 Å². The first-order valence-electron chi connectivity index (χ1n) is 8.73. The molecule has 0 aromatic heterocycles. The minimum Gasteiger partial charge on any atom is -0.371 e. The summed E-state index contributed by atoms with van der Waals surface area (Å²) in [5.41, 5.74) is 1.98. The first-order valence-corrected chi connectivity index (χ1v) is 8.73. The van der Waals surface area contributed by atoms with Crippen LogP contribution >= 0.6 is 0 Å². The Kier molecular flexibility index (Phi) is 4.70. The average molecular weight is 307 g/mol. The van der Waals surface area contributed by atoms with Gasteiger partial charge in [0, 0.05) is 24.3 Å². The normalized spacial score (nSPS) is 20.7. The van der Waals surface area contributed by atoms with E-state index >= 15 is 0 Å². The Morgan fingerprint density at radius 3 is 2.14 bits per heavy atom. The number of alkyl halides is 2. The van der Waals surface area contributed by atoms with Crippen molar-refractivity contribution < 1.29 is 8.78 Å². The highest BCUT2D eigenvalue weighted by Gasteiger charge is 2.31. The Morgan fingerprint density at radius 2 is 1.64 bits per heavy atom. The smallest absolute Gasteiger partial charge is 0.265 e. The maximum absolute atomic E-state index is 13.5. The van der Waals surface area contributed by atoms with E-state index in [2.05, 4.69) is 4.90 Å². The molecular weight excluding hydrogens is 280 g/mol. The van der Waals surface area contributed by atoms with Crippen LogP contribution in [-0.2, 0) is 0 Å². The lowest BCUT2D eigenvalue weighted by Gasteiger charge is -2.41. The molecule has 122 valence electrons. The predicted molar refractivity (Wildman–Crippen MR) is 87.8 cm³/mol. The van der Waals surface area contributed by atoms with Crippen molar-refractivity contribution in [1.82, 2.24) is 0 Å². The fraction of sp³-hybridized carbons (Fsp3) is 0.684. The lowest BCUT2D eigenvalue weighted by molar-refractivity contribution is 0.150. The maximum Gasteiger partial charge on any atom is 0.265 e. The van der Waals surface area contributed by atoms with Gasteiger partial charge in [0.25, 0.3) is 6.43 Å². The molecule has 1 nitrogen and oxygen atoms in total. The van der Waals surface area contributed by atoms with Gasteiger partial charge in [-0.1, -0.05) is 39.2 Å². The predicted octanol–water partition coefficient (Wildman–Crippen LogP) is 5.76. The lowest BCUT2D eigenvalue weighted by atomic mass is 9.72. The van der Waals surface area contributed by atoms with Crippen molar-refractivity contribution in [2.75, 3.05) is 18.0 Å². The molecule has 1 aliphatic carbocycles. The second-order valence-corrected chi connectivity index (χ2v) is 7.29. The number of piperidine rings is 1. The van der Waals surface area contributed by atoms with Gasteiger partial charge in [-0.25, -0.2) is 8.78 Å². The standard InChI is InChI=1S/C19H27F2N/c1-13(2)16-6-7-18(17(12-16)19(20)21)22-10-8-15(9-11-22)14-4-3-5-14/h6-7,12-15,19H,3-5,8-11H2,1-2H3. The highest BCUT2D eigenvalue weighted by Crippen LogP contribution is 2.40. The van der Waals surface area contributed by atoms with Crippen LogP contribution in [0.2, 0.25) is 0 Å². The van der Waals surface area contributed by atoms with E-state index in [1.165, 1.54) is 32.1 Å². The third-order valence-corrected chi connectivity index (χ3v) is 5.65. The van der Waals surface area contributed by atoms with Gasteiger partial charge >= 0.3 is 0 Å². The SMILES string of the molecule is CC(C)c1ccc(N2CCC(C3CCC3)CC2)c(C(F)F)c1. The van der Waals surface area contributed by atoms with Crippen LogP contribution in [0.25, 0.3) is 0 Å². The highest BCUT2D eigenvalue weighted by molar-refractivity contribution is 5.56. The van der Waals surface area contributed by atoms with Crippen LogP contribution in [0.4, 0.5) is 14.5 Å². The molecule has 3 rings (SSSR count). The summed E-state index contributed by atoms with van der Waals surface area (Å²) in [6, 6.07) is 5.65. The first-order chi connectivity index (χ1) is 10.6. The summed E-state index contributed by atoms with van der Waals surface area (Å²) in [7, 11) is 0. The molecular formula is C19H27F2N. The van der Waals surface area contributed by atoms with Crippen molar-refractivity contribution >= 4 is 5.69 Å². The summed E-state index contributed by atoms with van der Waals surface area (Å²) in [6.07, 6.45) is 4.10. The van der Waals surface area contributed by atoms with Crippen molar-refractivity contribution in [3.8, 4) is 0 Å². The van der Waals surface area contributed by atoms with Crippen LogP contribution in [0.5, 0.6) is 0 Å². The summed E-state index contributed by atoms with van der Waals surface area (Å²) in [5, 5.41) is 0. The fourth-order valence-electron chi connectivity index (χ4n) is 3.92. The van der Waals surface area contributed by atoms with Crippen LogP contribution in [0.3, 0.4) is 0 Å². The topological polar surface area (TPSA) is 3.24 Å². The molecule has 0 unspecified atom stereocenters. The Balaban J connectivity index is 1.74. The summed E-state index contributed by atoms with van der Waals surface area (Å²) < 4.78 is 26.9. The van der Waals surface area contributed by atoms with Gasteiger partial charge in [-0.05, 0) is 48.3 Å². The lowest BCUT2D eigenvalue weighted by Crippen LogP contribution is -2.38. The van der Waals surface area contributed by atoms with Gasteiger partial charge in [0.05, 0.1) is 0 Å². The summed E-state index contributed by atoms with van der Waals surface area (Å²) in [5.74, 6) is 2.03. The molecule has 2 fully saturated rings. The molecule has 0 amide bonds. The van der Waals surface area contributed by atoms with Crippen molar-refractivity contribution in [2.24, 2.45) is 11.8 Å². The molecule has 0 bridgehead atoms. The Labute approximate surface area is 132 Å². The molecule has 3 heteroatoms. The van der Waals surface area contributed by atoms with Crippen molar-refractivity contribution in [2.45, 2.75) is 58.3 Å². The van der Waals surface area contributed by atoms with E-state index in [4.69, 9.17) is 0 Å².